The number of hydrogen-bond donors (Lipinski definition) is 0. The van der Waals surface area contributed by atoms with Crippen molar-refractivity contribution >= 4 is 23.6 Å². The maximum Gasteiger partial charge on any atom is 0.410 e. The Morgan fingerprint density at radius 1 is 1.40 bits per heavy atom. The standard InChI is InChI=1S/C14H23ClN2O3/c1-14(2,3)20-13(19)16-5-4-11(9-16)17-8-10(7-15)6-12(17)18/h10-11H,4-9H2,1-3H3/t10?,11-/m1/s1. The van der Waals surface area contributed by atoms with Crippen molar-refractivity contribution in [3.8, 4) is 0 Å². The molecule has 0 bridgehead atoms. The first-order valence-corrected chi connectivity index (χ1v) is 7.67. The quantitative estimate of drug-likeness (QED) is 0.734. The number of rotatable bonds is 2. The molecule has 0 aromatic rings. The largest absolute Gasteiger partial charge is 0.444 e. The van der Waals surface area contributed by atoms with E-state index in [2.05, 4.69) is 0 Å². The highest BCUT2D eigenvalue weighted by molar-refractivity contribution is 6.18. The van der Waals surface area contributed by atoms with Crippen LogP contribution >= 0.6 is 11.6 Å². The maximum absolute atomic E-state index is 12.0. The van der Waals surface area contributed by atoms with Gasteiger partial charge in [-0.1, -0.05) is 0 Å². The summed E-state index contributed by atoms with van der Waals surface area (Å²) in [6.07, 6.45) is 1.06. The first-order valence-electron chi connectivity index (χ1n) is 7.13. The SMILES string of the molecule is CC(C)(C)OC(=O)N1CC[C@@H](N2CC(CCl)CC2=O)C1. The summed E-state index contributed by atoms with van der Waals surface area (Å²) in [5, 5.41) is 0. The summed E-state index contributed by atoms with van der Waals surface area (Å²) >= 11 is 5.83. The van der Waals surface area contributed by atoms with Crippen molar-refractivity contribution in [1.29, 1.82) is 0 Å². The molecule has 2 saturated heterocycles. The number of carbonyl (C=O) groups excluding carboxylic acids is 2. The molecule has 1 unspecified atom stereocenters. The number of amides is 2. The molecule has 0 spiro atoms. The Bertz CT molecular complexity index is 394. The molecule has 114 valence electrons. The maximum atomic E-state index is 12.0. The predicted molar refractivity (Wildman–Crippen MR) is 76.8 cm³/mol. The van der Waals surface area contributed by atoms with E-state index < -0.39 is 5.60 Å². The molecule has 6 heteroatoms. The van der Waals surface area contributed by atoms with E-state index >= 15 is 0 Å². The third kappa shape index (κ3) is 3.57. The van der Waals surface area contributed by atoms with Crippen LogP contribution in [0.1, 0.15) is 33.6 Å². The molecule has 0 aromatic carbocycles. The molecule has 2 amide bonds. The van der Waals surface area contributed by atoms with Crippen molar-refractivity contribution in [2.45, 2.75) is 45.3 Å². The first-order chi connectivity index (χ1) is 9.30. The second-order valence-electron chi connectivity index (χ2n) is 6.64. The van der Waals surface area contributed by atoms with Crippen LogP contribution in [0.5, 0.6) is 0 Å². The lowest BCUT2D eigenvalue weighted by Gasteiger charge is -2.26. The van der Waals surface area contributed by atoms with Gasteiger partial charge in [-0.05, 0) is 33.1 Å². The minimum absolute atomic E-state index is 0.114. The average Bonchev–Trinajstić information content (AvgIpc) is 2.92. The predicted octanol–water partition coefficient (Wildman–Crippen LogP) is 2.08. The van der Waals surface area contributed by atoms with Crippen LogP contribution in [0.3, 0.4) is 0 Å². The highest BCUT2D eigenvalue weighted by atomic mass is 35.5. The zero-order valence-electron chi connectivity index (χ0n) is 12.4. The van der Waals surface area contributed by atoms with Gasteiger partial charge in [-0.15, -0.1) is 11.6 Å². The van der Waals surface area contributed by atoms with Crippen LogP contribution in [0.25, 0.3) is 0 Å². The van der Waals surface area contributed by atoms with Gasteiger partial charge in [0.1, 0.15) is 5.60 Å². The summed E-state index contributed by atoms with van der Waals surface area (Å²) in [6, 6.07) is 0.114. The molecule has 2 heterocycles. The zero-order valence-corrected chi connectivity index (χ0v) is 13.2. The fourth-order valence-corrected chi connectivity index (χ4v) is 2.96. The second kappa shape index (κ2) is 5.80. The average molecular weight is 303 g/mol. The molecule has 0 saturated carbocycles. The molecule has 2 aliphatic heterocycles. The van der Waals surface area contributed by atoms with Gasteiger partial charge in [0.25, 0.3) is 0 Å². The molecule has 2 atom stereocenters. The Hall–Kier alpha value is -0.970. The number of hydrogen-bond acceptors (Lipinski definition) is 3. The number of alkyl halides is 1. The number of carbonyl (C=O) groups is 2. The van der Waals surface area contributed by atoms with E-state index in [-0.39, 0.29) is 24.0 Å². The first kappa shape index (κ1) is 15.4. The van der Waals surface area contributed by atoms with E-state index in [1.54, 1.807) is 4.90 Å². The van der Waals surface area contributed by atoms with Crippen LogP contribution in [0.15, 0.2) is 0 Å². The van der Waals surface area contributed by atoms with Crippen molar-refractivity contribution < 1.29 is 14.3 Å². The lowest BCUT2D eigenvalue weighted by atomic mass is 10.1. The molecule has 0 aliphatic carbocycles. The van der Waals surface area contributed by atoms with Gasteiger partial charge < -0.3 is 14.5 Å². The molecule has 5 nitrogen and oxygen atoms in total. The monoisotopic (exact) mass is 302 g/mol. The molecule has 0 radical (unpaired) electrons. The van der Waals surface area contributed by atoms with E-state index in [0.29, 0.717) is 25.4 Å². The minimum Gasteiger partial charge on any atom is -0.444 e. The Labute approximate surface area is 125 Å². The summed E-state index contributed by atoms with van der Waals surface area (Å²) in [7, 11) is 0. The number of halogens is 1. The van der Waals surface area contributed by atoms with Gasteiger partial charge >= 0.3 is 6.09 Å². The third-order valence-corrected chi connectivity index (χ3v) is 4.15. The highest BCUT2D eigenvalue weighted by Crippen LogP contribution is 2.26. The Kier molecular flexibility index (Phi) is 4.47. The summed E-state index contributed by atoms with van der Waals surface area (Å²) in [5.74, 6) is 0.927. The molecular formula is C14H23ClN2O3. The smallest absolute Gasteiger partial charge is 0.410 e. The lowest BCUT2D eigenvalue weighted by molar-refractivity contribution is -0.129. The van der Waals surface area contributed by atoms with Crippen LogP contribution in [0.4, 0.5) is 4.79 Å². The molecule has 20 heavy (non-hydrogen) atoms. The van der Waals surface area contributed by atoms with Crippen LogP contribution in [0.2, 0.25) is 0 Å². The Morgan fingerprint density at radius 2 is 2.10 bits per heavy atom. The Morgan fingerprint density at radius 3 is 2.65 bits per heavy atom. The molecule has 2 aliphatic rings. The van der Waals surface area contributed by atoms with Gasteiger partial charge in [0.2, 0.25) is 5.91 Å². The highest BCUT2D eigenvalue weighted by Gasteiger charge is 2.39. The third-order valence-electron chi connectivity index (χ3n) is 3.71. The normalized spacial score (nSPS) is 27.3. The zero-order chi connectivity index (χ0) is 14.9. The van der Waals surface area contributed by atoms with Gasteiger partial charge in [0, 0.05) is 31.9 Å². The molecule has 0 N–H and O–H groups in total. The van der Waals surface area contributed by atoms with Gasteiger partial charge in [-0.3, -0.25) is 4.79 Å². The van der Waals surface area contributed by atoms with Crippen LogP contribution in [-0.2, 0) is 9.53 Å². The fraction of sp³-hybridized carbons (Fsp3) is 0.857. The number of nitrogens with zero attached hydrogens (tertiary/aromatic N) is 2. The fourth-order valence-electron chi connectivity index (χ4n) is 2.75. The number of likely N-dealkylation sites (tertiary alicyclic amines) is 2. The molecule has 2 rings (SSSR count). The van der Waals surface area contributed by atoms with Crippen LogP contribution in [-0.4, -0.2) is 59.0 Å². The lowest BCUT2D eigenvalue weighted by Crippen LogP contribution is -2.41. The number of ether oxygens (including phenoxy) is 1. The van der Waals surface area contributed by atoms with E-state index in [0.717, 1.165) is 13.0 Å². The summed E-state index contributed by atoms with van der Waals surface area (Å²) < 4.78 is 5.36. The van der Waals surface area contributed by atoms with Crippen molar-refractivity contribution in [2.24, 2.45) is 5.92 Å². The van der Waals surface area contributed by atoms with Crippen LogP contribution < -0.4 is 0 Å². The molecule has 2 fully saturated rings. The molecule has 0 aromatic heterocycles. The van der Waals surface area contributed by atoms with Crippen molar-refractivity contribution in [2.75, 3.05) is 25.5 Å². The van der Waals surface area contributed by atoms with Crippen molar-refractivity contribution in [1.82, 2.24) is 9.80 Å². The van der Waals surface area contributed by atoms with Gasteiger partial charge in [0.05, 0.1) is 6.04 Å². The van der Waals surface area contributed by atoms with E-state index in [1.165, 1.54) is 0 Å². The van der Waals surface area contributed by atoms with Crippen molar-refractivity contribution in [3.63, 3.8) is 0 Å². The van der Waals surface area contributed by atoms with Crippen LogP contribution in [0, 0.1) is 5.92 Å². The summed E-state index contributed by atoms with van der Waals surface area (Å²) in [4.78, 5) is 27.5. The second-order valence-corrected chi connectivity index (χ2v) is 6.95. The van der Waals surface area contributed by atoms with E-state index in [4.69, 9.17) is 16.3 Å². The van der Waals surface area contributed by atoms with Gasteiger partial charge in [0.15, 0.2) is 0 Å². The summed E-state index contributed by atoms with van der Waals surface area (Å²) in [6.45, 7) is 7.49. The summed E-state index contributed by atoms with van der Waals surface area (Å²) in [5.41, 5.74) is -0.484. The van der Waals surface area contributed by atoms with E-state index in [1.807, 2.05) is 25.7 Å². The Balaban J connectivity index is 1.89. The van der Waals surface area contributed by atoms with E-state index in [9.17, 15) is 9.59 Å². The molecular weight excluding hydrogens is 280 g/mol. The topological polar surface area (TPSA) is 49.9 Å². The van der Waals surface area contributed by atoms with Gasteiger partial charge in [-0.25, -0.2) is 4.79 Å². The van der Waals surface area contributed by atoms with Crippen molar-refractivity contribution in [3.05, 3.63) is 0 Å². The van der Waals surface area contributed by atoms with Gasteiger partial charge in [-0.2, -0.15) is 0 Å². The minimum atomic E-state index is -0.484.